The number of halogens is 2. The standard InChI is InChI=1S/C18H29N3O.2ClH/c1-2-21(16-10-5-3-6-11-16)15-9-14-20-17(22)18(19)12-7-4-8-13-18;;/h3,5-6,10-11H,2,4,7-9,12-15,19H2,1H3,(H,20,22);2*1H. The molecule has 1 fully saturated rings. The van der Waals surface area contributed by atoms with Gasteiger partial charge in [0.25, 0.3) is 0 Å². The Kier molecular flexibility index (Phi) is 11.1. The second kappa shape index (κ2) is 11.6. The van der Waals surface area contributed by atoms with Crippen LogP contribution in [0.1, 0.15) is 45.4 Å². The van der Waals surface area contributed by atoms with E-state index in [4.69, 9.17) is 5.73 Å². The van der Waals surface area contributed by atoms with E-state index >= 15 is 0 Å². The fourth-order valence-corrected chi connectivity index (χ4v) is 3.17. The second-order valence-corrected chi connectivity index (χ2v) is 6.24. The Hall–Kier alpha value is -0.970. The van der Waals surface area contributed by atoms with Gasteiger partial charge in [-0.3, -0.25) is 4.79 Å². The molecule has 0 saturated heterocycles. The molecule has 0 spiro atoms. The van der Waals surface area contributed by atoms with Crippen LogP contribution in [-0.2, 0) is 4.79 Å². The van der Waals surface area contributed by atoms with Crippen LogP contribution in [0.25, 0.3) is 0 Å². The summed E-state index contributed by atoms with van der Waals surface area (Å²) in [7, 11) is 0. The molecule has 1 aromatic rings. The van der Waals surface area contributed by atoms with Crippen molar-refractivity contribution in [2.45, 2.75) is 51.0 Å². The van der Waals surface area contributed by atoms with Crippen molar-refractivity contribution in [3.63, 3.8) is 0 Å². The van der Waals surface area contributed by atoms with Crippen LogP contribution in [0.15, 0.2) is 30.3 Å². The fourth-order valence-electron chi connectivity index (χ4n) is 3.17. The predicted octanol–water partition coefficient (Wildman–Crippen LogP) is 3.52. The summed E-state index contributed by atoms with van der Waals surface area (Å²) < 4.78 is 0. The number of carbonyl (C=O) groups excluding carboxylic acids is 1. The Morgan fingerprint density at radius 3 is 2.38 bits per heavy atom. The Balaban J connectivity index is 0.00000264. The Bertz CT molecular complexity index is 465. The molecule has 4 nitrogen and oxygen atoms in total. The molecule has 24 heavy (non-hydrogen) atoms. The van der Waals surface area contributed by atoms with Crippen molar-refractivity contribution >= 4 is 36.4 Å². The van der Waals surface area contributed by atoms with Crippen LogP contribution < -0.4 is 16.0 Å². The first-order valence-electron chi connectivity index (χ1n) is 8.53. The normalized spacial score (nSPS) is 15.6. The summed E-state index contributed by atoms with van der Waals surface area (Å²) >= 11 is 0. The Morgan fingerprint density at radius 2 is 1.79 bits per heavy atom. The second-order valence-electron chi connectivity index (χ2n) is 6.24. The molecule has 3 N–H and O–H groups in total. The lowest BCUT2D eigenvalue weighted by Gasteiger charge is -2.32. The van der Waals surface area contributed by atoms with E-state index in [0.717, 1.165) is 45.2 Å². The molecule has 0 atom stereocenters. The van der Waals surface area contributed by atoms with Gasteiger partial charge in [-0.15, -0.1) is 24.8 Å². The minimum Gasteiger partial charge on any atom is -0.372 e. The molecule has 6 heteroatoms. The molecule has 1 aromatic carbocycles. The average Bonchev–Trinajstić information content (AvgIpc) is 2.56. The summed E-state index contributed by atoms with van der Waals surface area (Å²) in [4.78, 5) is 14.6. The number of rotatable bonds is 7. The quantitative estimate of drug-likeness (QED) is 0.716. The van der Waals surface area contributed by atoms with Crippen LogP contribution >= 0.6 is 24.8 Å². The van der Waals surface area contributed by atoms with Gasteiger partial charge in [0.1, 0.15) is 0 Å². The molecule has 0 bridgehead atoms. The lowest BCUT2D eigenvalue weighted by atomic mass is 9.82. The summed E-state index contributed by atoms with van der Waals surface area (Å²) in [6, 6.07) is 10.4. The van der Waals surface area contributed by atoms with E-state index in [0.29, 0.717) is 6.54 Å². The molecular formula is C18H31Cl2N3O. The smallest absolute Gasteiger partial charge is 0.240 e. The van der Waals surface area contributed by atoms with Gasteiger partial charge < -0.3 is 16.0 Å². The monoisotopic (exact) mass is 375 g/mol. The molecule has 1 saturated carbocycles. The van der Waals surface area contributed by atoms with E-state index in [1.54, 1.807) is 0 Å². The van der Waals surface area contributed by atoms with Crippen LogP contribution in [0.5, 0.6) is 0 Å². The van der Waals surface area contributed by atoms with Gasteiger partial charge in [-0.1, -0.05) is 37.5 Å². The van der Waals surface area contributed by atoms with Crippen LogP contribution in [0, 0.1) is 0 Å². The Labute approximate surface area is 158 Å². The van der Waals surface area contributed by atoms with Gasteiger partial charge >= 0.3 is 0 Å². The minimum atomic E-state index is -0.623. The van der Waals surface area contributed by atoms with Gasteiger partial charge in [0.15, 0.2) is 0 Å². The van der Waals surface area contributed by atoms with Crippen LogP contribution in [-0.4, -0.2) is 31.1 Å². The van der Waals surface area contributed by atoms with Gasteiger partial charge in [-0.25, -0.2) is 0 Å². The third kappa shape index (κ3) is 6.50. The van der Waals surface area contributed by atoms with Gasteiger partial charge in [-0.2, -0.15) is 0 Å². The molecular weight excluding hydrogens is 345 g/mol. The first-order valence-corrected chi connectivity index (χ1v) is 8.53. The number of carbonyl (C=O) groups is 1. The zero-order chi connectivity index (χ0) is 15.8. The SMILES string of the molecule is CCN(CCCNC(=O)C1(N)CCCCC1)c1ccccc1.Cl.Cl. The largest absolute Gasteiger partial charge is 0.372 e. The number of nitrogens with zero attached hydrogens (tertiary/aromatic N) is 1. The third-order valence-electron chi connectivity index (χ3n) is 4.59. The van der Waals surface area contributed by atoms with E-state index < -0.39 is 5.54 Å². The lowest BCUT2D eigenvalue weighted by molar-refractivity contribution is -0.127. The average molecular weight is 376 g/mol. The number of hydrogen-bond acceptors (Lipinski definition) is 3. The Morgan fingerprint density at radius 1 is 1.17 bits per heavy atom. The van der Waals surface area contributed by atoms with Gasteiger partial charge in [0.2, 0.25) is 5.91 Å². The maximum Gasteiger partial charge on any atom is 0.240 e. The first kappa shape index (κ1) is 23.0. The van der Waals surface area contributed by atoms with Crippen molar-refractivity contribution in [2.24, 2.45) is 5.73 Å². The summed E-state index contributed by atoms with van der Waals surface area (Å²) in [5, 5.41) is 3.03. The molecule has 0 aromatic heterocycles. The molecule has 0 aliphatic heterocycles. The summed E-state index contributed by atoms with van der Waals surface area (Å²) in [5.74, 6) is 0.0370. The van der Waals surface area contributed by atoms with Crippen molar-refractivity contribution < 1.29 is 4.79 Å². The molecule has 1 aliphatic rings. The van der Waals surface area contributed by atoms with E-state index in [1.165, 1.54) is 12.1 Å². The van der Waals surface area contributed by atoms with Crippen LogP contribution in [0.4, 0.5) is 5.69 Å². The number of nitrogens with two attached hydrogens (primary N) is 1. The number of amides is 1. The molecule has 2 rings (SSSR count). The predicted molar refractivity (Wildman–Crippen MR) is 106 cm³/mol. The maximum atomic E-state index is 12.3. The fraction of sp³-hybridized carbons (Fsp3) is 0.611. The summed E-state index contributed by atoms with van der Waals surface area (Å²) in [6.45, 7) is 4.76. The topological polar surface area (TPSA) is 58.4 Å². The highest BCUT2D eigenvalue weighted by molar-refractivity contribution is 5.86. The van der Waals surface area contributed by atoms with Crippen molar-refractivity contribution in [1.82, 2.24) is 5.32 Å². The van der Waals surface area contributed by atoms with Crippen molar-refractivity contribution in [1.29, 1.82) is 0 Å². The van der Waals surface area contributed by atoms with E-state index in [2.05, 4.69) is 41.4 Å². The van der Waals surface area contributed by atoms with Crippen molar-refractivity contribution in [2.75, 3.05) is 24.5 Å². The van der Waals surface area contributed by atoms with Crippen LogP contribution in [0.3, 0.4) is 0 Å². The van der Waals surface area contributed by atoms with Gasteiger partial charge in [0.05, 0.1) is 5.54 Å². The lowest BCUT2D eigenvalue weighted by Crippen LogP contribution is -2.55. The number of para-hydroxylation sites is 1. The van der Waals surface area contributed by atoms with E-state index in [-0.39, 0.29) is 30.7 Å². The number of anilines is 1. The molecule has 0 radical (unpaired) electrons. The van der Waals surface area contributed by atoms with Crippen molar-refractivity contribution in [3.8, 4) is 0 Å². The zero-order valence-corrected chi connectivity index (χ0v) is 16.1. The van der Waals surface area contributed by atoms with Gasteiger partial charge in [-0.05, 0) is 38.3 Å². The van der Waals surface area contributed by atoms with Crippen LogP contribution in [0.2, 0.25) is 0 Å². The highest BCUT2D eigenvalue weighted by atomic mass is 35.5. The molecule has 0 heterocycles. The van der Waals surface area contributed by atoms with E-state index in [9.17, 15) is 4.79 Å². The zero-order valence-electron chi connectivity index (χ0n) is 14.5. The van der Waals surface area contributed by atoms with E-state index in [1.807, 2.05) is 6.07 Å². The maximum absolute atomic E-state index is 12.3. The minimum absolute atomic E-state index is 0. The van der Waals surface area contributed by atoms with Gasteiger partial charge in [0, 0.05) is 25.3 Å². The molecule has 1 aliphatic carbocycles. The highest BCUT2D eigenvalue weighted by Gasteiger charge is 2.34. The summed E-state index contributed by atoms with van der Waals surface area (Å²) in [5.41, 5.74) is 6.85. The highest BCUT2D eigenvalue weighted by Crippen LogP contribution is 2.25. The molecule has 0 unspecified atom stereocenters. The first-order chi connectivity index (χ1) is 10.7. The number of nitrogens with one attached hydrogen (secondary N) is 1. The molecule has 138 valence electrons. The number of hydrogen-bond donors (Lipinski definition) is 2. The number of benzene rings is 1. The van der Waals surface area contributed by atoms with Crippen molar-refractivity contribution in [3.05, 3.63) is 30.3 Å². The third-order valence-corrected chi connectivity index (χ3v) is 4.59. The molecule has 1 amide bonds. The summed E-state index contributed by atoms with van der Waals surface area (Å²) in [6.07, 6.45) is 5.93.